The Bertz CT molecular complexity index is 4150. The van der Waals surface area contributed by atoms with Crippen LogP contribution in [-0.2, 0) is 102 Å². The summed E-state index contributed by atoms with van der Waals surface area (Å²) in [6, 6.07) is 34.8. The minimum absolute atomic E-state index is 0.0856. The molecule has 6 N–H and O–H groups in total. The van der Waals surface area contributed by atoms with E-state index in [1.165, 1.54) is 16.7 Å². The lowest BCUT2D eigenvalue weighted by molar-refractivity contribution is -0.138. The van der Waals surface area contributed by atoms with E-state index in [-0.39, 0.29) is 19.6 Å². The van der Waals surface area contributed by atoms with Crippen LogP contribution in [0, 0.1) is 0 Å². The Labute approximate surface area is 591 Å². The fourth-order valence-electron chi connectivity index (χ4n) is 13.0. The fraction of sp³-hybridized carbons (Fsp3) is 0.400. The molecule has 0 aliphatic carbocycles. The Balaban J connectivity index is 0.000000146. The van der Waals surface area contributed by atoms with Gasteiger partial charge in [0.15, 0.2) is 0 Å². The number of anilines is 3. The summed E-state index contributed by atoms with van der Waals surface area (Å²) in [6.45, 7) is 13.9. The van der Waals surface area contributed by atoms with Crippen molar-refractivity contribution < 1.29 is 73.8 Å². The van der Waals surface area contributed by atoms with Crippen LogP contribution in [0.2, 0.25) is 0 Å². The second-order valence-electron chi connectivity index (χ2n) is 24.9. The first kappa shape index (κ1) is 54.2. The minimum atomic E-state index is -2.98. The third-order valence-electron chi connectivity index (χ3n) is 18.4. The number of amides is 9. The van der Waals surface area contributed by atoms with Crippen molar-refractivity contribution in [2.75, 3.05) is 94.9 Å². The Kier molecular flexibility index (Phi) is 17.2. The quantitative estimate of drug-likeness (QED) is 0.0565. The summed E-state index contributed by atoms with van der Waals surface area (Å²) in [7, 11) is 0. The largest absolute Gasteiger partial charge is 0.381 e. The number of carbonyl (C=O) groups excluding carboxylic acids is 9. The van der Waals surface area contributed by atoms with Gasteiger partial charge in [-0.15, -0.1) is 0 Å². The summed E-state index contributed by atoms with van der Waals surface area (Å²) in [5.41, 5.74) is 11.5. The van der Waals surface area contributed by atoms with Crippen molar-refractivity contribution in [3.05, 3.63) is 194 Å². The SMILES string of the molecule is [2H]C1([2H])C(=O)NC(=O)C(N2Cc3c(NCc4ccc(CN5CCOCC5)cc4)cccc3C2=O)C1([2H])[2H].[2H]C1([2H])C(=O)NC(=O)[C@@H](N2Cc3c(NCc4ccc(CN5CCOCC5)cc4)cccc3C2=O)C1([2H])[2H].[2H]C1([2H])C(=O)NC(=O)[C@H](N2Cc3c(NCc4ccc(CN5CCOCC5)cc4)cccc3C2=O)C1([2H])[2H]. The zero-order valence-electron chi connectivity index (χ0n) is 66.3. The van der Waals surface area contributed by atoms with Gasteiger partial charge in [-0.1, -0.05) is 91.0 Å². The number of morpholine rings is 3. The Morgan fingerprint density at radius 3 is 0.869 bits per heavy atom. The predicted molar refractivity (Wildman–Crippen MR) is 367 cm³/mol. The highest BCUT2D eigenvalue weighted by molar-refractivity contribution is 6.08. The zero-order valence-corrected chi connectivity index (χ0v) is 54.3. The molecule has 9 aliphatic heterocycles. The number of carbonyl (C=O) groups is 9. The van der Waals surface area contributed by atoms with Crippen LogP contribution >= 0.6 is 0 Å². The van der Waals surface area contributed by atoms with Crippen molar-refractivity contribution in [2.24, 2.45) is 0 Å². The Morgan fingerprint density at radius 2 is 0.606 bits per heavy atom. The lowest BCUT2D eigenvalue weighted by atomic mass is 10.0. The number of nitrogens with zero attached hydrogens (tertiary/aromatic N) is 6. The summed E-state index contributed by atoms with van der Waals surface area (Å²) >= 11 is 0. The van der Waals surface area contributed by atoms with E-state index in [9.17, 15) is 43.2 Å². The van der Waals surface area contributed by atoms with E-state index in [2.05, 4.69) is 67.0 Å². The number of benzene rings is 6. The van der Waals surface area contributed by atoms with Gasteiger partial charge in [0.25, 0.3) is 17.7 Å². The van der Waals surface area contributed by atoms with Crippen molar-refractivity contribution in [3.8, 4) is 0 Å². The van der Waals surface area contributed by atoms with Crippen molar-refractivity contribution in [3.63, 3.8) is 0 Å². The van der Waals surface area contributed by atoms with Gasteiger partial charge in [-0.3, -0.25) is 73.8 Å². The molecule has 9 heterocycles. The smallest absolute Gasteiger partial charge is 0.255 e. The van der Waals surface area contributed by atoms with Crippen molar-refractivity contribution in [2.45, 2.75) is 115 Å². The molecule has 0 aromatic heterocycles. The molecule has 0 radical (unpaired) electrons. The molecular formula is C75H84N12O12. The average molecular weight is 1360 g/mol. The minimum Gasteiger partial charge on any atom is -0.381 e. The lowest BCUT2D eigenvalue weighted by Crippen LogP contribution is -2.52. The number of piperidine rings is 3. The van der Waals surface area contributed by atoms with Crippen molar-refractivity contribution >= 4 is 70.2 Å². The van der Waals surface area contributed by atoms with Crippen LogP contribution in [0.15, 0.2) is 127 Å². The molecule has 24 heteroatoms. The topological polar surface area (TPSA) is 273 Å². The van der Waals surface area contributed by atoms with Gasteiger partial charge in [-0.2, -0.15) is 0 Å². The number of rotatable bonds is 18. The number of hydrogen-bond donors (Lipinski definition) is 6. The number of ether oxygens (including phenoxy) is 3. The third-order valence-corrected chi connectivity index (χ3v) is 18.4. The number of nitrogens with one attached hydrogen (secondary N) is 6. The van der Waals surface area contributed by atoms with Crippen molar-refractivity contribution in [1.82, 2.24) is 45.3 Å². The normalized spacial score (nSPS) is 26.0. The second kappa shape index (κ2) is 31.4. The maximum atomic E-state index is 13.2. The van der Waals surface area contributed by atoms with Gasteiger partial charge in [0.2, 0.25) is 35.4 Å². The molecule has 0 saturated carbocycles. The highest BCUT2D eigenvalue weighted by atomic mass is 16.5. The van der Waals surface area contributed by atoms with Gasteiger partial charge in [-0.05, 0) is 88.9 Å². The van der Waals surface area contributed by atoms with E-state index >= 15 is 0 Å². The molecule has 6 aromatic rings. The summed E-state index contributed by atoms with van der Waals surface area (Å²) < 4.78 is 113. The third kappa shape index (κ3) is 16.4. The van der Waals surface area contributed by atoms with Gasteiger partial charge in [0.05, 0.1) is 39.6 Å². The fourth-order valence-corrected chi connectivity index (χ4v) is 13.0. The molecule has 9 aliphatic rings. The maximum Gasteiger partial charge on any atom is 0.255 e. The van der Waals surface area contributed by atoms with Gasteiger partial charge in [0.1, 0.15) is 18.1 Å². The van der Waals surface area contributed by atoms with Crippen LogP contribution < -0.4 is 31.9 Å². The molecule has 15 rings (SSSR count). The predicted octanol–water partition coefficient (Wildman–Crippen LogP) is 5.68. The second-order valence-corrected chi connectivity index (χ2v) is 24.9. The van der Waals surface area contributed by atoms with E-state index in [1.807, 2.05) is 52.3 Å². The van der Waals surface area contributed by atoms with Gasteiger partial charge >= 0.3 is 0 Å². The molecule has 0 spiro atoms. The van der Waals surface area contributed by atoms with E-state index in [4.69, 9.17) is 30.7 Å². The first-order chi connectivity index (χ1) is 52.8. The van der Waals surface area contributed by atoms with E-state index in [0.717, 1.165) is 130 Å². The molecular weight excluding hydrogens is 1260 g/mol. The van der Waals surface area contributed by atoms with Crippen LogP contribution in [0.25, 0.3) is 0 Å². The molecule has 1 unspecified atom stereocenters. The number of fused-ring (bicyclic) bond motifs is 3. The van der Waals surface area contributed by atoms with Gasteiger partial charge in [-0.25, -0.2) is 0 Å². The average Bonchev–Trinajstić information content (AvgIpc) is 1.70. The van der Waals surface area contributed by atoms with Gasteiger partial charge in [0, 0.05) is 184 Å². The number of imide groups is 3. The lowest BCUT2D eigenvalue weighted by Gasteiger charge is -2.29. The summed E-state index contributed by atoms with van der Waals surface area (Å²) in [5.74, 6) is -8.88. The first-order valence-electron chi connectivity index (χ1n) is 39.0. The monoisotopic (exact) mass is 1360 g/mol. The van der Waals surface area contributed by atoms with Crippen molar-refractivity contribution in [1.29, 1.82) is 0 Å². The zero-order chi connectivity index (χ0) is 79.1. The van der Waals surface area contributed by atoms with E-state index in [0.29, 0.717) is 70.1 Å². The molecule has 6 saturated heterocycles. The maximum absolute atomic E-state index is 13.2. The van der Waals surface area contributed by atoms with Crippen LogP contribution in [-0.4, -0.2) is 180 Å². The van der Waals surface area contributed by atoms with Crippen LogP contribution in [0.3, 0.4) is 0 Å². The van der Waals surface area contributed by atoms with Crippen LogP contribution in [0.4, 0.5) is 17.1 Å². The highest BCUT2D eigenvalue weighted by Gasteiger charge is 2.43. The Hall–Kier alpha value is -9.69. The summed E-state index contributed by atoms with van der Waals surface area (Å²) in [6.07, 6.45) is -17.6. The van der Waals surface area contributed by atoms with E-state index < -0.39 is 110 Å². The molecule has 99 heavy (non-hydrogen) atoms. The molecule has 24 nitrogen and oxygen atoms in total. The standard InChI is InChI=1S/3C25H28N4O4/c3*30-23-9-8-22(24(31)27-23)29-16-20-19(25(29)32)2-1-3-21(20)26-14-17-4-6-18(7-5-17)15-28-10-12-33-13-11-28/h3*1-7,22,26H,8-16H2,(H,27,30,31)/t2*22-;/m10./s1/i3*8D2,9D2. The summed E-state index contributed by atoms with van der Waals surface area (Å²) in [4.78, 5) is 123. The molecule has 516 valence electrons. The Morgan fingerprint density at radius 1 is 0.354 bits per heavy atom. The van der Waals surface area contributed by atoms with E-state index in [1.54, 1.807) is 54.6 Å². The highest BCUT2D eigenvalue weighted by Crippen LogP contribution is 2.36. The molecule has 0 bridgehead atoms. The summed E-state index contributed by atoms with van der Waals surface area (Å²) in [5, 5.41) is 15.6. The van der Waals surface area contributed by atoms with Crippen LogP contribution in [0.1, 0.15) is 136 Å². The first-order valence-corrected chi connectivity index (χ1v) is 33.0. The number of hydrogen-bond acceptors (Lipinski definition) is 18. The molecule has 9 amide bonds. The van der Waals surface area contributed by atoms with Gasteiger partial charge < -0.3 is 44.9 Å². The molecule has 6 aromatic carbocycles. The van der Waals surface area contributed by atoms with Crippen LogP contribution in [0.5, 0.6) is 0 Å². The molecule has 6 fully saturated rings. The molecule has 3 atom stereocenters.